The average molecular weight is 558 g/mol. The molecule has 0 saturated carbocycles. The Morgan fingerprint density at radius 3 is 2.15 bits per heavy atom. The molecule has 0 aromatic heterocycles. The van der Waals surface area contributed by atoms with Gasteiger partial charge < -0.3 is 14.2 Å². The Labute approximate surface area is 232 Å². The minimum Gasteiger partial charge on any atom is -0.464 e. The van der Waals surface area contributed by atoms with Crippen molar-refractivity contribution in [3.8, 4) is 11.5 Å². The molecule has 0 N–H and O–H groups in total. The van der Waals surface area contributed by atoms with Crippen LogP contribution < -0.4 is 9.64 Å². The predicted octanol–water partition coefficient (Wildman–Crippen LogP) is 8.19. The maximum Gasteiger partial charge on any atom is 0.416 e. The fourth-order valence-electron chi connectivity index (χ4n) is 4.00. The Morgan fingerprint density at radius 2 is 1.55 bits per heavy atom. The van der Waals surface area contributed by atoms with Crippen LogP contribution >= 0.6 is 0 Å². The fourth-order valence-corrected chi connectivity index (χ4v) is 4.00. The molecule has 0 aliphatic carbocycles. The van der Waals surface area contributed by atoms with Gasteiger partial charge in [0.15, 0.2) is 0 Å². The zero-order valence-corrected chi connectivity index (χ0v) is 23.0. The summed E-state index contributed by atoms with van der Waals surface area (Å²) in [5, 5.41) is 0. The van der Waals surface area contributed by atoms with E-state index in [1.165, 1.54) is 17.0 Å². The monoisotopic (exact) mass is 557 g/mol. The first-order chi connectivity index (χ1) is 18.9. The van der Waals surface area contributed by atoms with Gasteiger partial charge in [-0.2, -0.15) is 13.2 Å². The second-order valence-corrected chi connectivity index (χ2v) is 10.1. The number of aryl methyl sites for hydroxylation is 1. The van der Waals surface area contributed by atoms with Gasteiger partial charge in [-0.1, -0.05) is 36.4 Å². The molecule has 0 saturated heterocycles. The van der Waals surface area contributed by atoms with Crippen LogP contribution in [0.3, 0.4) is 0 Å². The first kappa shape index (κ1) is 30.5. The minimum atomic E-state index is -4.45. The molecular weight excluding hydrogens is 523 g/mol. The molecule has 9 heteroatoms. The Kier molecular flexibility index (Phi) is 10.2. The quantitative estimate of drug-likeness (QED) is 0.235. The summed E-state index contributed by atoms with van der Waals surface area (Å²) >= 11 is 0. The van der Waals surface area contributed by atoms with Crippen molar-refractivity contribution in [2.24, 2.45) is 0 Å². The third-order valence-corrected chi connectivity index (χ3v) is 5.76. The largest absolute Gasteiger partial charge is 0.464 e. The van der Waals surface area contributed by atoms with Crippen LogP contribution in [0, 0.1) is 0 Å². The minimum absolute atomic E-state index is 0.0861. The lowest BCUT2D eigenvalue weighted by atomic mass is 10.0. The van der Waals surface area contributed by atoms with Crippen molar-refractivity contribution >= 4 is 17.7 Å². The molecule has 0 aliphatic heterocycles. The van der Waals surface area contributed by atoms with E-state index in [2.05, 4.69) is 0 Å². The number of para-hydroxylation sites is 1. The van der Waals surface area contributed by atoms with Crippen LogP contribution in [0.25, 0.3) is 0 Å². The zero-order chi connectivity index (χ0) is 29.3. The number of nitrogens with zero attached hydrogens (tertiary/aromatic N) is 1. The van der Waals surface area contributed by atoms with Gasteiger partial charge in [-0.15, -0.1) is 0 Å². The molecule has 3 aromatic carbocycles. The van der Waals surface area contributed by atoms with Gasteiger partial charge in [-0.05, 0) is 95.0 Å². The smallest absolute Gasteiger partial charge is 0.416 e. The number of hydrogen-bond donors (Lipinski definition) is 0. The molecule has 1 unspecified atom stereocenters. The summed E-state index contributed by atoms with van der Waals surface area (Å²) in [6.45, 7) is 7.15. The van der Waals surface area contributed by atoms with Crippen LogP contribution in [0.5, 0.6) is 11.5 Å². The summed E-state index contributed by atoms with van der Waals surface area (Å²) in [7, 11) is 0. The maximum atomic E-state index is 13.2. The SMILES string of the molecule is CCOC(=O)C(CCCc1ccc(Oc2cccc(C(F)(F)F)c2)cc1)N(C(=O)OC(C)(C)C)c1ccccc1. The van der Waals surface area contributed by atoms with Crippen LogP contribution in [0.1, 0.15) is 51.7 Å². The lowest BCUT2D eigenvalue weighted by Crippen LogP contribution is -2.48. The second-order valence-electron chi connectivity index (χ2n) is 10.1. The highest BCUT2D eigenvalue weighted by Gasteiger charge is 2.35. The van der Waals surface area contributed by atoms with Crippen LogP contribution in [0.2, 0.25) is 0 Å². The molecule has 3 aromatic rings. The van der Waals surface area contributed by atoms with Crippen LogP contribution in [-0.4, -0.2) is 30.3 Å². The number of alkyl halides is 3. The Bertz CT molecular complexity index is 1250. The molecular formula is C31H34F3NO5. The van der Waals surface area contributed by atoms with Crippen molar-refractivity contribution in [2.45, 2.75) is 64.8 Å². The van der Waals surface area contributed by atoms with Crippen LogP contribution in [0.4, 0.5) is 23.7 Å². The molecule has 6 nitrogen and oxygen atoms in total. The predicted molar refractivity (Wildman–Crippen MR) is 146 cm³/mol. The molecule has 214 valence electrons. The highest BCUT2D eigenvalue weighted by atomic mass is 19.4. The highest BCUT2D eigenvalue weighted by molar-refractivity contribution is 5.95. The van der Waals surface area contributed by atoms with Crippen molar-refractivity contribution in [3.05, 3.63) is 90.0 Å². The fraction of sp³-hybridized carbons (Fsp3) is 0.355. The second kappa shape index (κ2) is 13.4. The third kappa shape index (κ3) is 9.03. The Morgan fingerprint density at radius 1 is 0.875 bits per heavy atom. The van der Waals surface area contributed by atoms with Gasteiger partial charge in [-0.25, -0.2) is 9.59 Å². The first-order valence-corrected chi connectivity index (χ1v) is 13.1. The van der Waals surface area contributed by atoms with Gasteiger partial charge in [0.2, 0.25) is 0 Å². The normalized spacial score (nSPS) is 12.4. The summed E-state index contributed by atoms with van der Waals surface area (Å²) in [5.74, 6) is -0.0438. The summed E-state index contributed by atoms with van der Waals surface area (Å²) in [4.78, 5) is 27.6. The number of halogens is 3. The van der Waals surface area contributed by atoms with Gasteiger partial charge in [0.1, 0.15) is 23.1 Å². The van der Waals surface area contributed by atoms with Crippen molar-refractivity contribution in [1.82, 2.24) is 0 Å². The van der Waals surface area contributed by atoms with Gasteiger partial charge in [0, 0.05) is 5.69 Å². The summed E-state index contributed by atoms with van der Waals surface area (Å²) in [5.41, 5.74) is -0.0941. The molecule has 0 radical (unpaired) electrons. The Balaban J connectivity index is 1.71. The lowest BCUT2D eigenvalue weighted by Gasteiger charge is -2.32. The number of benzene rings is 3. The summed E-state index contributed by atoms with van der Waals surface area (Å²) in [6, 6.07) is 19.6. The number of esters is 1. The van der Waals surface area contributed by atoms with Gasteiger partial charge in [0.25, 0.3) is 0 Å². The number of carbonyl (C=O) groups excluding carboxylic acids is 2. The van der Waals surface area contributed by atoms with Gasteiger partial charge >= 0.3 is 18.2 Å². The summed E-state index contributed by atoms with van der Waals surface area (Å²) < 4.78 is 55.5. The van der Waals surface area contributed by atoms with Crippen molar-refractivity contribution in [2.75, 3.05) is 11.5 Å². The van der Waals surface area contributed by atoms with E-state index in [9.17, 15) is 22.8 Å². The first-order valence-electron chi connectivity index (χ1n) is 13.1. The van der Waals surface area contributed by atoms with Gasteiger partial charge in [-0.3, -0.25) is 4.90 Å². The number of hydrogen-bond acceptors (Lipinski definition) is 5. The molecule has 0 fully saturated rings. The molecule has 1 amide bonds. The maximum absolute atomic E-state index is 13.2. The molecule has 0 spiro atoms. The number of amides is 1. The van der Waals surface area contributed by atoms with E-state index in [0.29, 0.717) is 30.7 Å². The summed E-state index contributed by atoms with van der Waals surface area (Å²) in [6.07, 6.45) is -3.66. The lowest BCUT2D eigenvalue weighted by molar-refractivity contribution is -0.145. The average Bonchev–Trinajstić information content (AvgIpc) is 2.88. The van der Waals surface area contributed by atoms with E-state index in [1.807, 2.05) is 18.2 Å². The molecule has 0 aliphatic rings. The molecule has 1 atom stereocenters. The topological polar surface area (TPSA) is 65.1 Å². The number of anilines is 1. The number of ether oxygens (including phenoxy) is 3. The third-order valence-electron chi connectivity index (χ3n) is 5.76. The van der Waals surface area contributed by atoms with Crippen molar-refractivity contribution in [3.63, 3.8) is 0 Å². The highest BCUT2D eigenvalue weighted by Crippen LogP contribution is 2.33. The molecule has 3 rings (SSSR count). The standard InChI is InChI=1S/C31H34F3NO5/c1-5-38-28(36)27(35(24-13-7-6-8-14-24)29(37)40-30(2,3)4)16-9-11-22-17-19-25(20-18-22)39-26-15-10-12-23(21-26)31(32,33)34/h6-8,10,12-15,17-21,27H,5,9,11,16H2,1-4H3. The number of carbonyl (C=O) groups is 2. The van der Waals surface area contributed by atoms with E-state index >= 15 is 0 Å². The Hall–Kier alpha value is -4.01. The molecule has 0 bridgehead atoms. The van der Waals surface area contributed by atoms with Crippen molar-refractivity contribution < 1.29 is 37.0 Å². The zero-order valence-electron chi connectivity index (χ0n) is 23.0. The van der Waals surface area contributed by atoms with E-state index in [1.54, 1.807) is 64.1 Å². The van der Waals surface area contributed by atoms with E-state index in [0.717, 1.165) is 17.7 Å². The molecule has 40 heavy (non-hydrogen) atoms. The number of rotatable bonds is 10. The van der Waals surface area contributed by atoms with Crippen LogP contribution in [-0.2, 0) is 26.9 Å². The van der Waals surface area contributed by atoms with E-state index in [4.69, 9.17) is 14.2 Å². The van der Waals surface area contributed by atoms with E-state index < -0.39 is 35.4 Å². The van der Waals surface area contributed by atoms with Crippen LogP contribution in [0.15, 0.2) is 78.9 Å². The van der Waals surface area contributed by atoms with Crippen molar-refractivity contribution in [1.29, 1.82) is 0 Å². The van der Waals surface area contributed by atoms with E-state index in [-0.39, 0.29) is 12.4 Å². The molecule has 0 heterocycles. The van der Waals surface area contributed by atoms with Gasteiger partial charge in [0.05, 0.1) is 12.2 Å².